The van der Waals surface area contributed by atoms with Gasteiger partial charge in [-0.1, -0.05) is 74.6 Å². The summed E-state index contributed by atoms with van der Waals surface area (Å²) in [7, 11) is 0. The first-order chi connectivity index (χ1) is 17.8. The van der Waals surface area contributed by atoms with Gasteiger partial charge in [-0.05, 0) is 63.3 Å². The number of aryl methyl sites for hydroxylation is 3. The van der Waals surface area contributed by atoms with E-state index in [2.05, 4.69) is 42.6 Å². The monoisotopic (exact) mass is 498 g/mol. The SMILES string of the molecule is CCc1ccc(-c2cc3n(n2)CC(C)(C(=O)NC2CCCCCC2)N(c2ccc(C)cc2C)C3=O)cc1. The summed E-state index contributed by atoms with van der Waals surface area (Å²) >= 11 is 0. The second kappa shape index (κ2) is 10.2. The van der Waals surface area contributed by atoms with Gasteiger partial charge in [-0.15, -0.1) is 0 Å². The highest BCUT2D eigenvalue weighted by Gasteiger charge is 2.49. The molecule has 1 atom stereocenters. The number of carbonyl (C=O) groups is 2. The minimum absolute atomic E-state index is 0.109. The van der Waals surface area contributed by atoms with E-state index in [1.165, 1.54) is 18.4 Å². The lowest BCUT2D eigenvalue weighted by Crippen LogP contribution is -2.65. The molecule has 2 amide bonds. The summed E-state index contributed by atoms with van der Waals surface area (Å²) in [5.41, 5.74) is 5.25. The molecule has 0 saturated heterocycles. The minimum atomic E-state index is -1.11. The van der Waals surface area contributed by atoms with E-state index in [-0.39, 0.29) is 17.9 Å². The van der Waals surface area contributed by atoms with Gasteiger partial charge in [-0.3, -0.25) is 19.2 Å². The van der Waals surface area contributed by atoms with E-state index < -0.39 is 5.54 Å². The zero-order valence-electron chi connectivity index (χ0n) is 22.5. The molecule has 2 heterocycles. The molecule has 1 fully saturated rings. The molecule has 194 valence electrons. The molecule has 5 rings (SSSR count). The van der Waals surface area contributed by atoms with Gasteiger partial charge >= 0.3 is 0 Å². The molecule has 2 aromatic carbocycles. The summed E-state index contributed by atoms with van der Waals surface area (Å²) in [6, 6.07) is 16.4. The molecule has 1 unspecified atom stereocenters. The van der Waals surface area contributed by atoms with Gasteiger partial charge in [0.15, 0.2) is 0 Å². The van der Waals surface area contributed by atoms with Crippen LogP contribution in [-0.2, 0) is 17.8 Å². The number of fused-ring (bicyclic) bond motifs is 1. The molecule has 6 heteroatoms. The zero-order valence-corrected chi connectivity index (χ0v) is 22.5. The maximum Gasteiger partial charge on any atom is 0.277 e. The molecular formula is C31H38N4O2. The fraction of sp³-hybridized carbons (Fsp3) is 0.452. The quantitative estimate of drug-likeness (QED) is 0.440. The zero-order chi connectivity index (χ0) is 26.2. The molecule has 1 aliphatic carbocycles. The largest absolute Gasteiger partial charge is 0.351 e. The van der Waals surface area contributed by atoms with Crippen LogP contribution >= 0.6 is 0 Å². The smallest absolute Gasteiger partial charge is 0.277 e. The number of anilines is 1. The van der Waals surface area contributed by atoms with E-state index in [1.807, 2.05) is 39.0 Å². The Hall–Kier alpha value is -3.41. The van der Waals surface area contributed by atoms with E-state index in [1.54, 1.807) is 9.58 Å². The van der Waals surface area contributed by atoms with Crippen LogP contribution < -0.4 is 10.2 Å². The lowest BCUT2D eigenvalue weighted by molar-refractivity contribution is -0.127. The van der Waals surface area contributed by atoms with Crippen molar-refractivity contribution in [3.05, 3.63) is 70.9 Å². The van der Waals surface area contributed by atoms with Crippen LogP contribution in [0.15, 0.2) is 48.5 Å². The Balaban J connectivity index is 1.55. The second-order valence-corrected chi connectivity index (χ2v) is 11.0. The number of hydrogen-bond donors (Lipinski definition) is 1. The molecule has 3 aromatic rings. The summed E-state index contributed by atoms with van der Waals surface area (Å²) in [5.74, 6) is -0.302. The van der Waals surface area contributed by atoms with Crippen molar-refractivity contribution in [1.82, 2.24) is 15.1 Å². The predicted octanol–water partition coefficient (Wildman–Crippen LogP) is 5.99. The molecular weight excluding hydrogens is 460 g/mol. The molecule has 1 aliphatic heterocycles. The fourth-order valence-corrected chi connectivity index (χ4v) is 5.83. The molecule has 0 spiro atoms. The number of amides is 2. The Morgan fingerprint density at radius 2 is 1.73 bits per heavy atom. The minimum Gasteiger partial charge on any atom is -0.351 e. The average molecular weight is 499 g/mol. The van der Waals surface area contributed by atoms with Crippen LogP contribution in [0.5, 0.6) is 0 Å². The van der Waals surface area contributed by atoms with Gasteiger partial charge in [0.05, 0.1) is 12.2 Å². The van der Waals surface area contributed by atoms with Crippen LogP contribution in [-0.4, -0.2) is 33.2 Å². The van der Waals surface area contributed by atoms with Crippen molar-refractivity contribution in [2.75, 3.05) is 4.90 Å². The summed E-state index contributed by atoms with van der Waals surface area (Å²) < 4.78 is 1.73. The Morgan fingerprint density at radius 3 is 2.38 bits per heavy atom. The molecule has 1 saturated carbocycles. The van der Waals surface area contributed by atoms with Gasteiger partial charge in [-0.2, -0.15) is 5.10 Å². The Morgan fingerprint density at radius 1 is 1.03 bits per heavy atom. The number of carbonyl (C=O) groups excluding carboxylic acids is 2. The van der Waals surface area contributed by atoms with Gasteiger partial charge < -0.3 is 5.32 Å². The highest BCUT2D eigenvalue weighted by Crippen LogP contribution is 2.36. The van der Waals surface area contributed by atoms with E-state index in [4.69, 9.17) is 5.10 Å². The molecule has 1 N–H and O–H groups in total. The van der Waals surface area contributed by atoms with Crippen LogP contribution in [0, 0.1) is 13.8 Å². The van der Waals surface area contributed by atoms with Crippen LogP contribution in [0.2, 0.25) is 0 Å². The lowest BCUT2D eigenvalue weighted by Gasteiger charge is -2.44. The molecule has 37 heavy (non-hydrogen) atoms. The molecule has 0 radical (unpaired) electrons. The van der Waals surface area contributed by atoms with E-state index in [0.29, 0.717) is 12.2 Å². The van der Waals surface area contributed by atoms with Gasteiger partial charge in [-0.25, -0.2) is 0 Å². The standard InChI is InChI=1S/C31H38N4O2/c1-5-23-13-15-24(16-14-23)26-19-28-29(36)35(27-17-12-21(2)18-22(27)3)31(4,20-34(28)33-26)30(37)32-25-10-8-6-7-9-11-25/h12-19,25H,5-11,20H2,1-4H3,(H,32,37). The summed E-state index contributed by atoms with van der Waals surface area (Å²) in [4.78, 5) is 29.9. The van der Waals surface area contributed by atoms with Crippen molar-refractivity contribution in [3.63, 3.8) is 0 Å². The number of benzene rings is 2. The van der Waals surface area contributed by atoms with Crippen molar-refractivity contribution >= 4 is 17.5 Å². The summed E-state index contributed by atoms with van der Waals surface area (Å²) in [6.07, 6.45) is 7.65. The molecule has 0 bridgehead atoms. The number of nitrogens with one attached hydrogen (secondary N) is 1. The Kier molecular flexibility index (Phi) is 6.93. The third-order valence-corrected chi connectivity index (χ3v) is 8.08. The van der Waals surface area contributed by atoms with Crippen molar-refractivity contribution in [3.8, 4) is 11.3 Å². The number of nitrogens with zero attached hydrogens (tertiary/aromatic N) is 3. The summed E-state index contributed by atoms with van der Waals surface area (Å²) in [6.45, 7) is 8.36. The van der Waals surface area contributed by atoms with Gasteiger partial charge in [0.1, 0.15) is 11.2 Å². The number of hydrogen-bond acceptors (Lipinski definition) is 3. The normalized spacial score (nSPS) is 20.4. The maximum absolute atomic E-state index is 14.2. The second-order valence-electron chi connectivity index (χ2n) is 11.0. The molecule has 1 aromatic heterocycles. The van der Waals surface area contributed by atoms with Gasteiger partial charge in [0.25, 0.3) is 5.91 Å². The van der Waals surface area contributed by atoms with Crippen LogP contribution in [0.4, 0.5) is 5.69 Å². The molecule has 2 aliphatic rings. The van der Waals surface area contributed by atoms with Crippen molar-refractivity contribution in [1.29, 1.82) is 0 Å². The van der Waals surface area contributed by atoms with Gasteiger partial charge in [0.2, 0.25) is 5.91 Å². The number of aromatic nitrogens is 2. The van der Waals surface area contributed by atoms with Crippen LogP contribution in [0.25, 0.3) is 11.3 Å². The van der Waals surface area contributed by atoms with E-state index >= 15 is 0 Å². The third kappa shape index (κ3) is 4.81. The average Bonchev–Trinajstić information content (AvgIpc) is 3.13. The molecule has 6 nitrogen and oxygen atoms in total. The third-order valence-electron chi connectivity index (χ3n) is 8.08. The van der Waals surface area contributed by atoms with E-state index in [9.17, 15) is 9.59 Å². The van der Waals surface area contributed by atoms with E-state index in [0.717, 1.165) is 60.2 Å². The van der Waals surface area contributed by atoms with Crippen molar-refractivity contribution in [2.24, 2.45) is 0 Å². The van der Waals surface area contributed by atoms with Crippen molar-refractivity contribution < 1.29 is 9.59 Å². The summed E-state index contributed by atoms with van der Waals surface area (Å²) in [5, 5.41) is 8.15. The van der Waals surface area contributed by atoms with Crippen molar-refractivity contribution in [2.45, 2.75) is 90.8 Å². The maximum atomic E-state index is 14.2. The lowest BCUT2D eigenvalue weighted by atomic mass is 9.92. The first-order valence-electron chi connectivity index (χ1n) is 13.7. The van der Waals surface area contributed by atoms with Gasteiger partial charge in [0, 0.05) is 17.3 Å². The van der Waals surface area contributed by atoms with Crippen LogP contribution in [0.3, 0.4) is 0 Å². The number of rotatable bonds is 5. The topological polar surface area (TPSA) is 67.2 Å². The fourth-order valence-electron chi connectivity index (χ4n) is 5.83. The predicted molar refractivity (Wildman–Crippen MR) is 148 cm³/mol. The highest BCUT2D eigenvalue weighted by molar-refractivity contribution is 6.12. The highest BCUT2D eigenvalue weighted by atomic mass is 16.2. The first-order valence-corrected chi connectivity index (χ1v) is 13.7. The first kappa shape index (κ1) is 25.2. The Bertz CT molecular complexity index is 1300. The Labute approximate surface area is 220 Å². The van der Waals surface area contributed by atoms with Crippen LogP contribution in [0.1, 0.15) is 79.6 Å².